The quantitative estimate of drug-likeness (QED) is 0.198. The molecule has 0 unspecified atom stereocenters. The second kappa shape index (κ2) is 15.8. The lowest BCUT2D eigenvalue weighted by Gasteiger charge is -2.26. The molecular formula is C31H38O8. The van der Waals surface area contributed by atoms with Gasteiger partial charge in [0.1, 0.15) is 37.9 Å². The van der Waals surface area contributed by atoms with Gasteiger partial charge in [0.15, 0.2) is 0 Å². The maximum absolute atomic E-state index is 11.4. The molecule has 0 saturated carbocycles. The highest BCUT2D eigenvalue weighted by Crippen LogP contribution is 2.33. The van der Waals surface area contributed by atoms with Crippen molar-refractivity contribution in [3.63, 3.8) is 0 Å². The molecule has 0 aromatic heterocycles. The van der Waals surface area contributed by atoms with Crippen molar-refractivity contribution in [1.82, 2.24) is 0 Å². The molecule has 2 rings (SSSR count). The summed E-state index contributed by atoms with van der Waals surface area (Å²) in [5.41, 5.74) is 2.93. The average molecular weight is 539 g/mol. The molecule has 0 bridgehead atoms. The monoisotopic (exact) mass is 538 g/mol. The predicted molar refractivity (Wildman–Crippen MR) is 150 cm³/mol. The Labute approximate surface area is 230 Å². The van der Waals surface area contributed by atoms with Crippen molar-refractivity contribution in [2.24, 2.45) is 0 Å². The van der Waals surface area contributed by atoms with E-state index in [2.05, 4.69) is 33.6 Å². The summed E-state index contributed by atoms with van der Waals surface area (Å²) < 4.78 is 21.3. The fourth-order valence-electron chi connectivity index (χ4n) is 2.94. The first-order chi connectivity index (χ1) is 18.2. The summed E-state index contributed by atoms with van der Waals surface area (Å²) >= 11 is 0. The molecular weight excluding hydrogens is 500 g/mol. The number of carbonyl (C=O) groups excluding carboxylic acids is 2. The lowest BCUT2D eigenvalue weighted by molar-refractivity contribution is -0.140. The Balaban J connectivity index is 0.00000113. The number of ether oxygens (including phenoxy) is 4. The molecule has 1 N–H and O–H groups in total. The van der Waals surface area contributed by atoms with E-state index in [1.54, 1.807) is 13.8 Å². The molecule has 0 saturated heterocycles. The molecule has 0 aliphatic heterocycles. The number of benzene rings is 2. The molecule has 0 heterocycles. The largest absolute Gasteiger partial charge is 0.490 e. The second-order valence-electron chi connectivity index (χ2n) is 9.29. The van der Waals surface area contributed by atoms with Crippen LogP contribution in [0.3, 0.4) is 0 Å². The number of aliphatic carboxylic acids is 1. The molecule has 0 radical (unpaired) electrons. The van der Waals surface area contributed by atoms with Crippen molar-refractivity contribution in [2.75, 3.05) is 26.4 Å². The topological polar surface area (TPSA) is 108 Å². The Morgan fingerprint density at radius 2 is 0.949 bits per heavy atom. The molecule has 2 aromatic carbocycles. The average Bonchev–Trinajstić information content (AvgIpc) is 2.89. The van der Waals surface area contributed by atoms with Crippen molar-refractivity contribution >= 4 is 17.9 Å². The standard InChI is InChI=1S/C27H32O6.C4H6O2/c1-19(2)25(28)32-17-15-30-23-11-7-21(8-12-23)27(5,6)22-9-13-24(14-10-22)31-16-18-33-26(29)20(3)4;1-3(2)4(5)6/h7-14H,1,3,15-18H2,2,4-6H3;1H2,2H3,(H,5,6). The van der Waals surface area contributed by atoms with E-state index in [4.69, 9.17) is 24.1 Å². The van der Waals surface area contributed by atoms with Gasteiger partial charge in [-0.2, -0.15) is 0 Å². The van der Waals surface area contributed by atoms with Crippen molar-refractivity contribution in [2.45, 2.75) is 40.0 Å². The molecule has 0 amide bonds. The van der Waals surface area contributed by atoms with E-state index in [0.717, 1.165) is 11.1 Å². The first kappa shape index (κ1) is 32.7. The fraction of sp³-hybridized carbons (Fsp3) is 0.323. The molecule has 2 aromatic rings. The summed E-state index contributed by atoms with van der Waals surface area (Å²) in [5.74, 6) is -0.360. The van der Waals surface area contributed by atoms with Crippen LogP contribution in [0.1, 0.15) is 45.7 Å². The predicted octanol–water partition coefficient (Wildman–Crippen LogP) is 5.66. The molecule has 8 heteroatoms. The van der Waals surface area contributed by atoms with Gasteiger partial charge in [0.05, 0.1) is 0 Å². The fourth-order valence-corrected chi connectivity index (χ4v) is 2.94. The number of esters is 2. The van der Waals surface area contributed by atoms with Gasteiger partial charge in [-0.05, 0) is 56.2 Å². The first-order valence-electron chi connectivity index (χ1n) is 12.3. The van der Waals surface area contributed by atoms with Crippen LogP contribution in [-0.2, 0) is 29.3 Å². The number of rotatable bonds is 13. The number of hydrogen-bond acceptors (Lipinski definition) is 7. The minimum absolute atomic E-state index is 0.170. The number of carbonyl (C=O) groups is 3. The van der Waals surface area contributed by atoms with Gasteiger partial charge in [0, 0.05) is 22.1 Å². The smallest absolute Gasteiger partial charge is 0.333 e. The van der Waals surface area contributed by atoms with Crippen molar-refractivity contribution < 1.29 is 38.4 Å². The van der Waals surface area contributed by atoms with Gasteiger partial charge in [-0.25, -0.2) is 14.4 Å². The normalized spacial score (nSPS) is 10.3. The molecule has 39 heavy (non-hydrogen) atoms. The summed E-state index contributed by atoms with van der Waals surface area (Å²) in [4.78, 5) is 32.3. The van der Waals surface area contributed by atoms with Crippen LogP contribution in [0.25, 0.3) is 0 Å². The van der Waals surface area contributed by atoms with Crippen LogP contribution in [0.15, 0.2) is 85.0 Å². The summed E-state index contributed by atoms with van der Waals surface area (Å²) in [6.45, 7) is 20.1. The number of hydrogen-bond donors (Lipinski definition) is 1. The van der Waals surface area contributed by atoms with Gasteiger partial charge in [-0.1, -0.05) is 57.8 Å². The van der Waals surface area contributed by atoms with Gasteiger partial charge in [0.25, 0.3) is 0 Å². The van der Waals surface area contributed by atoms with Crippen LogP contribution in [0.4, 0.5) is 0 Å². The number of carboxylic acid groups (broad SMARTS) is 1. The molecule has 0 spiro atoms. The minimum Gasteiger partial charge on any atom is -0.490 e. The SMILES string of the molecule is C=C(C)C(=O)O.C=C(C)C(=O)OCCOc1ccc(C(C)(C)c2ccc(OCCOC(=O)C(=C)C)cc2)cc1. The summed E-state index contributed by atoms with van der Waals surface area (Å²) in [6, 6.07) is 15.7. The summed E-state index contributed by atoms with van der Waals surface area (Å²) in [7, 11) is 0. The molecule has 0 atom stereocenters. The molecule has 0 aliphatic rings. The van der Waals surface area contributed by atoms with Crippen LogP contribution in [0, 0.1) is 0 Å². The van der Waals surface area contributed by atoms with Crippen molar-refractivity contribution in [1.29, 1.82) is 0 Å². The van der Waals surface area contributed by atoms with Crippen molar-refractivity contribution in [3.8, 4) is 11.5 Å². The van der Waals surface area contributed by atoms with E-state index in [1.807, 2.05) is 48.5 Å². The summed E-state index contributed by atoms with van der Waals surface area (Å²) in [6.07, 6.45) is 0. The van der Waals surface area contributed by atoms with E-state index >= 15 is 0 Å². The zero-order chi connectivity index (χ0) is 29.6. The third-order valence-corrected chi connectivity index (χ3v) is 5.38. The van der Waals surface area contributed by atoms with Crippen LogP contribution in [-0.4, -0.2) is 49.4 Å². The molecule has 8 nitrogen and oxygen atoms in total. The minimum atomic E-state index is -0.935. The zero-order valence-electron chi connectivity index (χ0n) is 23.4. The highest BCUT2D eigenvalue weighted by molar-refractivity contribution is 5.87. The third-order valence-electron chi connectivity index (χ3n) is 5.38. The second-order valence-corrected chi connectivity index (χ2v) is 9.29. The lowest BCUT2D eigenvalue weighted by atomic mass is 9.78. The molecule has 0 fully saturated rings. The maximum Gasteiger partial charge on any atom is 0.333 e. The van der Waals surface area contributed by atoms with Crippen LogP contribution < -0.4 is 9.47 Å². The Morgan fingerprint density at radius 3 is 1.21 bits per heavy atom. The molecule has 210 valence electrons. The van der Waals surface area contributed by atoms with Gasteiger partial charge >= 0.3 is 17.9 Å². The van der Waals surface area contributed by atoms with E-state index < -0.39 is 17.9 Å². The third kappa shape index (κ3) is 11.7. The number of carboxylic acids is 1. The highest BCUT2D eigenvalue weighted by Gasteiger charge is 2.23. The highest BCUT2D eigenvalue weighted by atomic mass is 16.6. The van der Waals surface area contributed by atoms with E-state index in [0.29, 0.717) is 22.6 Å². The lowest BCUT2D eigenvalue weighted by Crippen LogP contribution is -2.19. The van der Waals surface area contributed by atoms with E-state index in [1.165, 1.54) is 6.92 Å². The van der Waals surface area contributed by atoms with Crippen molar-refractivity contribution in [3.05, 3.63) is 96.1 Å². The Hall–Kier alpha value is -4.33. The van der Waals surface area contributed by atoms with E-state index in [-0.39, 0.29) is 37.4 Å². The Kier molecular flexibility index (Phi) is 13.3. The zero-order valence-corrected chi connectivity index (χ0v) is 23.4. The maximum atomic E-state index is 11.4. The van der Waals surface area contributed by atoms with Gasteiger partial charge in [-0.3, -0.25) is 0 Å². The van der Waals surface area contributed by atoms with Crippen LogP contribution in [0.2, 0.25) is 0 Å². The van der Waals surface area contributed by atoms with Gasteiger partial charge in [-0.15, -0.1) is 0 Å². The van der Waals surface area contributed by atoms with Crippen LogP contribution >= 0.6 is 0 Å². The van der Waals surface area contributed by atoms with Gasteiger partial charge in [0.2, 0.25) is 0 Å². The molecule has 0 aliphatic carbocycles. The summed E-state index contributed by atoms with van der Waals surface area (Å²) in [5, 5.41) is 7.89. The Bertz CT molecular complexity index is 1070. The van der Waals surface area contributed by atoms with Gasteiger partial charge < -0.3 is 24.1 Å². The van der Waals surface area contributed by atoms with E-state index in [9.17, 15) is 14.4 Å². The first-order valence-corrected chi connectivity index (χ1v) is 12.3. The Morgan fingerprint density at radius 1 is 0.641 bits per heavy atom. The van der Waals surface area contributed by atoms with Crippen LogP contribution in [0.5, 0.6) is 11.5 Å².